The van der Waals surface area contributed by atoms with E-state index in [1.165, 1.54) is 0 Å². The molecule has 0 aliphatic rings. The van der Waals surface area contributed by atoms with Crippen molar-refractivity contribution < 1.29 is 9.00 Å². The molecule has 0 aliphatic carbocycles. The number of benzene rings is 1. The fourth-order valence-electron chi connectivity index (χ4n) is 2.15. The maximum atomic E-state index is 11.8. The van der Waals surface area contributed by atoms with Crippen molar-refractivity contribution in [2.75, 3.05) is 18.6 Å². The van der Waals surface area contributed by atoms with Crippen molar-refractivity contribution in [3.8, 4) is 5.69 Å². The van der Waals surface area contributed by atoms with Crippen LogP contribution in [0.3, 0.4) is 0 Å². The van der Waals surface area contributed by atoms with Gasteiger partial charge in [-0.25, -0.2) is 9.48 Å². The molecule has 1 heterocycles. The van der Waals surface area contributed by atoms with Gasteiger partial charge in [0.2, 0.25) is 0 Å². The van der Waals surface area contributed by atoms with Gasteiger partial charge < -0.3 is 10.6 Å². The van der Waals surface area contributed by atoms with Crippen molar-refractivity contribution in [3.63, 3.8) is 0 Å². The first-order valence-corrected chi connectivity index (χ1v) is 9.23. The zero-order chi connectivity index (χ0) is 16.7. The number of hydrogen-bond acceptors (Lipinski definition) is 3. The van der Waals surface area contributed by atoms with Crippen LogP contribution < -0.4 is 10.6 Å². The summed E-state index contributed by atoms with van der Waals surface area (Å²) in [5.41, 5.74) is 1.99. The van der Waals surface area contributed by atoms with Crippen molar-refractivity contribution in [2.45, 2.75) is 19.4 Å². The minimum absolute atomic E-state index is 0.0954. The molecule has 0 radical (unpaired) electrons. The van der Waals surface area contributed by atoms with E-state index in [1.807, 2.05) is 43.5 Å². The standard InChI is InChI=1S/C16H22N4O2S/c1-13(19-16(21)17-9-4-12-23(2)22)14-5-7-15(8-6-14)20-11-3-10-18-20/h3,5-8,10-11,13H,4,9,12H2,1-2H3,(H2,17,19,21)/t13-,23+/m1/s1. The predicted octanol–water partition coefficient (Wildman–Crippen LogP) is 2.00. The molecule has 7 heteroatoms. The van der Waals surface area contributed by atoms with Crippen molar-refractivity contribution in [1.29, 1.82) is 0 Å². The monoisotopic (exact) mass is 334 g/mol. The van der Waals surface area contributed by atoms with Crippen LogP contribution in [0.1, 0.15) is 24.9 Å². The van der Waals surface area contributed by atoms with Crippen LogP contribution in [-0.4, -0.2) is 38.6 Å². The average molecular weight is 334 g/mol. The lowest BCUT2D eigenvalue weighted by atomic mass is 10.1. The van der Waals surface area contributed by atoms with Gasteiger partial charge in [-0.2, -0.15) is 5.10 Å². The molecule has 2 N–H and O–H groups in total. The van der Waals surface area contributed by atoms with Crippen LogP contribution in [0.4, 0.5) is 4.79 Å². The second kappa shape index (κ2) is 8.47. The van der Waals surface area contributed by atoms with Gasteiger partial charge >= 0.3 is 6.03 Å². The van der Waals surface area contributed by atoms with E-state index in [4.69, 9.17) is 0 Å². The Morgan fingerprint density at radius 1 is 1.35 bits per heavy atom. The molecule has 0 saturated carbocycles. The Morgan fingerprint density at radius 2 is 2.09 bits per heavy atom. The van der Waals surface area contributed by atoms with E-state index >= 15 is 0 Å². The molecular formula is C16H22N4O2S. The molecule has 23 heavy (non-hydrogen) atoms. The van der Waals surface area contributed by atoms with Gasteiger partial charge in [-0.3, -0.25) is 4.21 Å². The summed E-state index contributed by atoms with van der Waals surface area (Å²) in [4.78, 5) is 11.8. The number of carbonyl (C=O) groups excluding carboxylic acids is 1. The fraction of sp³-hybridized carbons (Fsp3) is 0.375. The molecule has 2 rings (SSSR count). The zero-order valence-electron chi connectivity index (χ0n) is 13.4. The number of hydrogen-bond donors (Lipinski definition) is 2. The number of carbonyl (C=O) groups is 1. The van der Waals surface area contributed by atoms with Gasteiger partial charge in [0.05, 0.1) is 11.7 Å². The summed E-state index contributed by atoms with van der Waals surface area (Å²) < 4.78 is 12.7. The third-order valence-corrected chi connectivity index (χ3v) is 4.27. The molecule has 2 atom stereocenters. The molecule has 1 aromatic heterocycles. The van der Waals surface area contributed by atoms with Crippen molar-refractivity contribution >= 4 is 16.8 Å². The predicted molar refractivity (Wildman–Crippen MR) is 92.1 cm³/mol. The van der Waals surface area contributed by atoms with Gasteiger partial charge in [-0.1, -0.05) is 12.1 Å². The minimum Gasteiger partial charge on any atom is -0.338 e. The third-order valence-electron chi connectivity index (χ3n) is 3.40. The first kappa shape index (κ1) is 17.2. The molecule has 0 saturated heterocycles. The number of nitrogens with one attached hydrogen (secondary N) is 2. The average Bonchev–Trinajstić information content (AvgIpc) is 3.06. The minimum atomic E-state index is -0.815. The smallest absolute Gasteiger partial charge is 0.315 e. The number of urea groups is 1. The number of aromatic nitrogens is 2. The first-order chi connectivity index (χ1) is 11.1. The molecule has 0 aliphatic heterocycles. The molecule has 2 aromatic rings. The second-order valence-corrected chi connectivity index (χ2v) is 6.85. The largest absolute Gasteiger partial charge is 0.338 e. The van der Waals surface area contributed by atoms with Crippen LogP contribution in [0.25, 0.3) is 5.69 Å². The normalized spacial score (nSPS) is 13.3. The lowest BCUT2D eigenvalue weighted by Crippen LogP contribution is -2.37. The summed E-state index contributed by atoms with van der Waals surface area (Å²) in [6, 6.07) is 9.45. The Hall–Kier alpha value is -2.15. The van der Waals surface area contributed by atoms with E-state index in [0.29, 0.717) is 18.7 Å². The Morgan fingerprint density at radius 3 is 2.70 bits per heavy atom. The molecular weight excluding hydrogens is 312 g/mol. The fourth-order valence-corrected chi connectivity index (χ4v) is 2.70. The summed E-state index contributed by atoms with van der Waals surface area (Å²) in [5, 5.41) is 9.84. The van der Waals surface area contributed by atoms with E-state index in [1.54, 1.807) is 17.1 Å². The molecule has 0 fully saturated rings. The summed E-state index contributed by atoms with van der Waals surface area (Å²) >= 11 is 0. The quantitative estimate of drug-likeness (QED) is 0.761. The van der Waals surface area contributed by atoms with Crippen LogP contribution in [0.15, 0.2) is 42.7 Å². The summed E-state index contributed by atoms with van der Waals surface area (Å²) in [5.74, 6) is 0.602. The maximum Gasteiger partial charge on any atom is 0.315 e. The van der Waals surface area contributed by atoms with Crippen LogP contribution in [-0.2, 0) is 10.8 Å². The van der Waals surface area contributed by atoms with E-state index in [9.17, 15) is 9.00 Å². The maximum absolute atomic E-state index is 11.8. The van der Waals surface area contributed by atoms with E-state index in [0.717, 1.165) is 11.3 Å². The number of rotatable bonds is 7. The number of nitrogens with zero attached hydrogens (tertiary/aromatic N) is 2. The van der Waals surface area contributed by atoms with Crippen molar-refractivity contribution in [1.82, 2.24) is 20.4 Å². The van der Waals surface area contributed by atoms with Crippen LogP contribution in [0.5, 0.6) is 0 Å². The Labute approximate surface area is 138 Å². The van der Waals surface area contributed by atoms with E-state index in [-0.39, 0.29) is 12.1 Å². The highest BCUT2D eigenvalue weighted by molar-refractivity contribution is 7.84. The van der Waals surface area contributed by atoms with Crippen molar-refractivity contribution in [2.24, 2.45) is 0 Å². The Kier molecular flexibility index (Phi) is 6.34. The lowest BCUT2D eigenvalue weighted by Gasteiger charge is -2.15. The van der Waals surface area contributed by atoms with Gasteiger partial charge in [-0.05, 0) is 37.1 Å². The van der Waals surface area contributed by atoms with Crippen LogP contribution >= 0.6 is 0 Å². The Balaban J connectivity index is 1.82. The van der Waals surface area contributed by atoms with Gasteiger partial charge in [0.15, 0.2) is 0 Å². The van der Waals surface area contributed by atoms with E-state index in [2.05, 4.69) is 15.7 Å². The summed E-state index contributed by atoms with van der Waals surface area (Å²) in [6.45, 7) is 2.46. The van der Waals surface area contributed by atoms with Gasteiger partial charge in [0.1, 0.15) is 0 Å². The topological polar surface area (TPSA) is 76.0 Å². The highest BCUT2D eigenvalue weighted by Gasteiger charge is 2.09. The molecule has 0 unspecified atom stereocenters. The molecule has 124 valence electrons. The van der Waals surface area contributed by atoms with Crippen molar-refractivity contribution in [3.05, 3.63) is 48.3 Å². The molecule has 0 spiro atoms. The Bertz CT molecular complexity index is 641. The van der Waals surface area contributed by atoms with Gasteiger partial charge in [0, 0.05) is 41.7 Å². The zero-order valence-corrected chi connectivity index (χ0v) is 14.2. The SMILES string of the molecule is C[C@@H](NC(=O)NCCC[S@](C)=O)c1ccc(-n2cccn2)cc1. The molecule has 6 nitrogen and oxygen atoms in total. The van der Waals surface area contributed by atoms with Crippen LogP contribution in [0, 0.1) is 0 Å². The lowest BCUT2D eigenvalue weighted by molar-refractivity contribution is 0.238. The van der Waals surface area contributed by atoms with Gasteiger partial charge in [-0.15, -0.1) is 0 Å². The third kappa shape index (κ3) is 5.52. The summed E-state index contributed by atoms with van der Waals surface area (Å²) in [7, 11) is -0.815. The second-order valence-electron chi connectivity index (χ2n) is 5.29. The summed E-state index contributed by atoms with van der Waals surface area (Å²) in [6.07, 6.45) is 5.99. The molecule has 2 amide bonds. The number of amides is 2. The highest BCUT2D eigenvalue weighted by atomic mass is 32.2. The molecule has 1 aromatic carbocycles. The van der Waals surface area contributed by atoms with E-state index < -0.39 is 10.8 Å². The first-order valence-electron chi connectivity index (χ1n) is 7.50. The highest BCUT2D eigenvalue weighted by Crippen LogP contribution is 2.15. The molecule has 0 bridgehead atoms. The van der Waals surface area contributed by atoms with Crippen LogP contribution in [0.2, 0.25) is 0 Å². The van der Waals surface area contributed by atoms with Gasteiger partial charge in [0.25, 0.3) is 0 Å².